The molecule has 2 unspecified atom stereocenters. The number of hydrogen-bond acceptors (Lipinski definition) is 4. The third-order valence-corrected chi connectivity index (χ3v) is 3.99. The van der Waals surface area contributed by atoms with Gasteiger partial charge in [-0.1, -0.05) is 0 Å². The second kappa shape index (κ2) is 5.51. The van der Waals surface area contributed by atoms with Gasteiger partial charge in [0, 0.05) is 25.6 Å². The number of carbonyl (C=O) groups excluding carboxylic acids is 1. The lowest BCUT2D eigenvalue weighted by atomic mass is 10.1. The normalized spacial score (nSPS) is 25.9. The summed E-state index contributed by atoms with van der Waals surface area (Å²) in [6, 6.07) is 0.678. The zero-order valence-corrected chi connectivity index (χ0v) is 12.1. The molecule has 1 amide bonds. The fourth-order valence-corrected chi connectivity index (χ4v) is 3.16. The van der Waals surface area contributed by atoms with E-state index in [4.69, 9.17) is 4.42 Å². The first-order valence-corrected chi connectivity index (χ1v) is 6.64. The lowest BCUT2D eigenvalue weighted by Gasteiger charge is -2.26. The lowest BCUT2D eigenvalue weighted by molar-refractivity contribution is 0.0645. The number of aromatic nitrogens is 1. The third kappa shape index (κ3) is 2.49. The molecule has 2 bridgehead atoms. The van der Waals surface area contributed by atoms with Crippen molar-refractivity contribution >= 4 is 18.3 Å². The third-order valence-electron chi connectivity index (χ3n) is 3.99. The molecule has 1 N–H and O–H groups in total. The van der Waals surface area contributed by atoms with Gasteiger partial charge < -0.3 is 14.6 Å². The van der Waals surface area contributed by atoms with Crippen molar-refractivity contribution < 1.29 is 9.21 Å². The second-order valence-corrected chi connectivity index (χ2v) is 5.24. The molecule has 2 aliphatic heterocycles. The Morgan fingerprint density at radius 2 is 2.05 bits per heavy atom. The van der Waals surface area contributed by atoms with Gasteiger partial charge in [-0.05, 0) is 32.7 Å². The molecule has 2 aliphatic rings. The molecule has 5 nitrogen and oxygen atoms in total. The van der Waals surface area contributed by atoms with Crippen molar-refractivity contribution in [3.8, 4) is 0 Å². The van der Waals surface area contributed by atoms with Crippen LogP contribution in [-0.2, 0) is 0 Å². The van der Waals surface area contributed by atoms with Crippen LogP contribution in [-0.4, -0.2) is 41.0 Å². The number of nitrogens with zero attached hydrogens (tertiary/aromatic N) is 2. The zero-order chi connectivity index (χ0) is 12.7. The Bertz CT molecular complexity index is 460. The molecule has 106 valence electrons. The number of carbonyl (C=O) groups is 1. The largest absolute Gasteiger partial charge is 0.436 e. The van der Waals surface area contributed by atoms with Crippen LogP contribution in [0.2, 0.25) is 0 Å². The smallest absolute Gasteiger partial charge is 0.292 e. The van der Waals surface area contributed by atoms with Crippen LogP contribution >= 0.6 is 12.4 Å². The minimum atomic E-state index is 0. The molecular weight excluding hydrogens is 266 g/mol. The summed E-state index contributed by atoms with van der Waals surface area (Å²) in [6.07, 6.45) is 3.24. The van der Waals surface area contributed by atoms with Crippen molar-refractivity contribution in [1.82, 2.24) is 15.2 Å². The summed E-state index contributed by atoms with van der Waals surface area (Å²) < 4.78 is 5.47. The summed E-state index contributed by atoms with van der Waals surface area (Å²) in [5, 5.41) is 3.39. The fraction of sp³-hybridized carbons (Fsp3) is 0.692. The first-order chi connectivity index (χ1) is 8.66. The Morgan fingerprint density at radius 1 is 1.32 bits per heavy atom. The minimum Gasteiger partial charge on any atom is -0.436 e. The highest BCUT2D eigenvalue weighted by molar-refractivity contribution is 5.93. The molecule has 3 heterocycles. The van der Waals surface area contributed by atoms with E-state index in [1.807, 2.05) is 11.8 Å². The van der Waals surface area contributed by atoms with E-state index in [-0.39, 0.29) is 18.3 Å². The number of oxazole rings is 1. The molecule has 0 aromatic carbocycles. The highest BCUT2D eigenvalue weighted by atomic mass is 35.5. The predicted molar refractivity (Wildman–Crippen MR) is 73.7 cm³/mol. The van der Waals surface area contributed by atoms with E-state index in [1.54, 1.807) is 6.92 Å². The van der Waals surface area contributed by atoms with Gasteiger partial charge in [-0.25, -0.2) is 4.98 Å². The summed E-state index contributed by atoms with van der Waals surface area (Å²) in [7, 11) is 0. The maximum atomic E-state index is 12.6. The van der Waals surface area contributed by atoms with Crippen molar-refractivity contribution in [2.24, 2.45) is 0 Å². The van der Waals surface area contributed by atoms with Crippen LogP contribution in [0.3, 0.4) is 0 Å². The molecule has 2 saturated heterocycles. The average Bonchev–Trinajstić information content (AvgIpc) is 2.76. The SMILES string of the molecule is Cc1nc(C)c(C(=O)N2C3CCNCC2CC3)o1.Cl. The minimum absolute atomic E-state index is 0. The fourth-order valence-electron chi connectivity index (χ4n) is 3.16. The van der Waals surface area contributed by atoms with E-state index < -0.39 is 0 Å². The number of hydrogen-bond donors (Lipinski definition) is 1. The van der Waals surface area contributed by atoms with Crippen LogP contribution in [0, 0.1) is 13.8 Å². The van der Waals surface area contributed by atoms with Gasteiger partial charge in [-0.3, -0.25) is 4.79 Å². The zero-order valence-electron chi connectivity index (χ0n) is 11.3. The van der Waals surface area contributed by atoms with Crippen LogP contribution in [0.25, 0.3) is 0 Å². The van der Waals surface area contributed by atoms with Gasteiger partial charge in [-0.2, -0.15) is 0 Å². The van der Waals surface area contributed by atoms with E-state index in [9.17, 15) is 4.79 Å². The van der Waals surface area contributed by atoms with Gasteiger partial charge in [0.2, 0.25) is 5.76 Å². The number of aryl methyl sites for hydroxylation is 2. The van der Waals surface area contributed by atoms with Crippen molar-refractivity contribution in [1.29, 1.82) is 0 Å². The van der Waals surface area contributed by atoms with Crippen LogP contribution in [0.15, 0.2) is 4.42 Å². The molecule has 2 fully saturated rings. The van der Waals surface area contributed by atoms with Gasteiger partial charge in [0.05, 0.1) is 5.69 Å². The first-order valence-electron chi connectivity index (χ1n) is 6.64. The average molecular weight is 286 g/mol. The topological polar surface area (TPSA) is 58.4 Å². The summed E-state index contributed by atoms with van der Waals surface area (Å²) in [6.45, 7) is 5.51. The number of halogens is 1. The molecule has 0 spiro atoms. The predicted octanol–water partition coefficient (Wildman–Crippen LogP) is 1.68. The molecule has 1 aromatic heterocycles. The summed E-state index contributed by atoms with van der Waals surface area (Å²) in [4.78, 5) is 18.8. The monoisotopic (exact) mass is 285 g/mol. The lowest BCUT2D eigenvalue weighted by Crippen LogP contribution is -2.42. The van der Waals surface area contributed by atoms with Gasteiger partial charge >= 0.3 is 0 Å². The van der Waals surface area contributed by atoms with Crippen LogP contribution < -0.4 is 5.32 Å². The number of fused-ring (bicyclic) bond motifs is 2. The summed E-state index contributed by atoms with van der Waals surface area (Å²) in [5.74, 6) is 1.01. The van der Waals surface area contributed by atoms with Crippen LogP contribution in [0.4, 0.5) is 0 Å². The van der Waals surface area contributed by atoms with Crippen LogP contribution in [0.1, 0.15) is 41.4 Å². The Labute approximate surface area is 119 Å². The molecule has 0 saturated carbocycles. The van der Waals surface area contributed by atoms with Gasteiger partial charge in [-0.15, -0.1) is 12.4 Å². The summed E-state index contributed by atoms with van der Waals surface area (Å²) in [5.41, 5.74) is 0.703. The van der Waals surface area contributed by atoms with E-state index in [0.29, 0.717) is 29.4 Å². The molecule has 2 atom stereocenters. The number of rotatable bonds is 1. The Balaban J connectivity index is 0.00000133. The first kappa shape index (κ1) is 14.3. The maximum Gasteiger partial charge on any atom is 0.292 e. The van der Waals surface area contributed by atoms with Crippen molar-refractivity contribution in [3.05, 3.63) is 17.3 Å². The van der Waals surface area contributed by atoms with E-state index in [0.717, 1.165) is 32.4 Å². The highest BCUT2D eigenvalue weighted by Crippen LogP contribution is 2.30. The Morgan fingerprint density at radius 3 is 2.74 bits per heavy atom. The molecule has 0 aliphatic carbocycles. The Hall–Kier alpha value is -1.07. The molecule has 3 rings (SSSR count). The van der Waals surface area contributed by atoms with Crippen LogP contribution in [0.5, 0.6) is 0 Å². The quantitative estimate of drug-likeness (QED) is 0.853. The molecule has 0 radical (unpaired) electrons. The van der Waals surface area contributed by atoms with E-state index >= 15 is 0 Å². The van der Waals surface area contributed by atoms with E-state index in [1.165, 1.54) is 0 Å². The molecular formula is C13H20ClN3O2. The summed E-state index contributed by atoms with van der Waals surface area (Å²) >= 11 is 0. The molecule has 6 heteroatoms. The van der Waals surface area contributed by atoms with Gasteiger partial charge in [0.25, 0.3) is 5.91 Å². The van der Waals surface area contributed by atoms with Crippen molar-refractivity contribution in [2.45, 2.75) is 45.2 Å². The molecule has 19 heavy (non-hydrogen) atoms. The maximum absolute atomic E-state index is 12.6. The Kier molecular flexibility index (Phi) is 4.16. The number of amides is 1. The second-order valence-electron chi connectivity index (χ2n) is 5.24. The highest BCUT2D eigenvalue weighted by Gasteiger charge is 2.40. The van der Waals surface area contributed by atoms with Gasteiger partial charge in [0.15, 0.2) is 5.89 Å². The standard InChI is InChI=1S/C13H19N3O2.ClH/c1-8-12(18-9(2)15-8)13(17)16-10-3-4-11(16)7-14-6-5-10;/h10-11,14H,3-7H2,1-2H3;1H. The van der Waals surface area contributed by atoms with Gasteiger partial charge in [0.1, 0.15) is 0 Å². The van der Waals surface area contributed by atoms with Crippen molar-refractivity contribution in [3.63, 3.8) is 0 Å². The van der Waals surface area contributed by atoms with E-state index in [2.05, 4.69) is 10.3 Å². The number of nitrogens with one attached hydrogen (secondary N) is 1. The van der Waals surface area contributed by atoms with Crippen molar-refractivity contribution in [2.75, 3.05) is 13.1 Å². The molecule has 1 aromatic rings.